The minimum Gasteiger partial charge on any atom is -0.479 e. The van der Waals surface area contributed by atoms with Gasteiger partial charge in [0.2, 0.25) is 0 Å². The van der Waals surface area contributed by atoms with Gasteiger partial charge < -0.3 is 15.5 Å². The maximum atomic E-state index is 11.8. The Bertz CT molecular complexity index is 567. The molecule has 0 aliphatic carbocycles. The molecule has 1 amide bonds. The molecule has 0 aliphatic heterocycles. The summed E-state index contributed by atoms with van der Waals surface area (Å²) in [7, 11) is 0. The number of benzene rings is 1. The van der Waals surface area contributed by atoms with E-state index in [1.165, 1.54) is 25.1 Å². The molecule has 1 rings (SSSR count). The average Bonchev–Trinajstić information content (AvgIpc) is 2.35. The summed E-state index contributed by atoms with van der Waals surface area (Å²) in [5, 5.41) is 31.0. The molecule has 1 aromatic rings. The maximum absolute atomic E-state index is 11.8. The number of nitrogens with one attached hydrogen (secondary N) is 1. The molecular weight excluding hydrogens is 268 g/mol. The second-order valence-corrected chi connectivity index (χ2v) is 4.52. The molecule has 108 valence electrons. The zero-order valence-electron chi connectivity index (χ0n) is 10.9. The van der Waals surface area contributed by atoms with Gasteiger partial charge in [-0.1, -0.05) is 0 Å². The molecule has 0 heterocycles. The van der Waals surface area contributed by atoms with Crippen LogP contribution in [-0.2, 0) is 4.79 Å². The fraction of sp³-hybridized carbons (Fsp3) is 0.333. The third kappa shape index (κ3) is 3.51. The van der Waals surface area contributed by atoms with E-state index in [1.807, 2.05) is 0 Å². The van der Waals surface area contributed by atoms with E-state index >= 15 is 0 Å². The summed E-state index contributed by atoms with van der Waals surface area (Å²) < 4.78 is 0. The number of nitro groups is 1. The fourth-order valence-corrected chi connectivity index (χ4v) is 1.43. The number of carbonyl (C=O) groups is 2. The lowest BCUT2D eigenvalue weighted by Gasteiger charge is -2.18. The predicted octanol–water partition coefficient (Wildman–Crippen LogP) is 0.469. The third-order valence-electron chi connectivity index (χ3n) is 2.71. The van der Waals surface area contributed by atoms with Crippen molar-refractivity contribution in [3.63, 3.8) is 0 Å². The SMILES string of the molecule is Cc1cc(C(=O)NCC(C)(O)C(=O)O)ccc1[N+](=O)[O-]. The molecule has 0 aromatic heterocycles. The van der Waals surface area contributed by atoms with E-state index in [2.05, 4.69) is 5.32 Å². The van der Waals surface area contributed by atoms with Crippen LogP contribution in [0.15, 0.2) is 18.2 Å². The van der Waals surface area contributed by atoms with Crippen LogP contribution in [0.3, 0.4) is 0 Å². The van der Waals surface area contributed by atoms with E-state index in [-0.39, 0.29) is 11.3 Å². The Balaban J connectivity index is 2.82. The molecular formula is C12H14N2O6. The lowest BCUT2D eigenvalue weighted by molar-refractivity contribution is -0.385. The molecule has 1 aromatic carbocycles. The Kier molecular flexibility index (Phi) is 4.41. The molecule has 0 aliphatic rings. The first-order chi connectivity index (χ1) is 9.15. The monoisotopic (exact) mass is 282 g/mol. The van der Waals surface area contributed by atoms with Gasteiger partial charge in [0.25, 0.3) is 11.6 Å². The van der Waals surface area contributed by atoms with Gasteiger partial charge in [0, 0.05) is 17.2 Å². The van der Waals surface area contributed by atoms with Crippen molar-refractivity contribution in [3.05, 3.63) is 39.4 Å². The van der Waals surface area contributed by atoms with Gasteiger partial charge in [0.15, 0.2) is 5.60 Å². The Morgan fingerprint density at radius 2 is 2.05 bits per heavy atom. The molecule has 8 heteroatoms. The Morgan fingerprint density at radius 1 is 1.45 bits per heavy atom. The van der Waals surface area contributed by atoms with Gasteiger partial charge >= 0.3 is 5.97 Å². The normalized spacial score (nSPS) is 13.3. The molecule has 0 radical (unpaired) electrons. The predicted molar refractivity (Wildman–Crippen MR) is 68.4 cm³/mol. The van der Waals surface area contributed by atoms with E-state index in [4.69, 9.17) is 5.11 Å². The van der Waals surface area contributed by atoms with Gasteiger partial charge in [0.1, 0.15) is 0 Å². The number of carboxylic acid groups (broad SMARTS) is 1. The second-order valence-electron chi connectivity index (χ2n) is 4.52. The van der Waals surface area contributed by atoms with Crippen molar-refractivity contribution in [2.24, 2.45) is 0 Å². The minimum atomic E-state index is -2.08. The zero-order chi connectivity index (χ0) is 15.5. The average molecular weight is 282 g/mol. The summed E-state index contributed by atoms with van der Waals surface area (Å²) in [5.74, 6) is -2.08. The van der Waals surface area contributed by atoms with Gasteiger partial charge in [-0.15, -0.1) is 0 Å². The van der Waals surface area contributed by atoms with Gasteiger partial charge in [-0.25, -0.2) is 4.79 Å². The number of aliphatic carboxylic acids is 1. The number of carbonyl (C=O) groups excluding carboxylic acids is 1. The third-order valence-corrected chi connectivity index (χ3v) is 2.71. The summed E-state index contributed by atoms with van der Waals surface area (Å²) >= 11 is 0. The summed E-state index contributed by atoms with van der Waals surface area (Å²) in [6.45, 7) is 2.07. The molecule has 1 unspecified atom stereocenters. The van der Waals surface area contributed by atoms with Crippen molar-refractivity contribution in [2.45, 2.75) is 19.4 Å². The summed E-state index contributed by atoms with van der Waals surface area (Å²) in [5.41, 5.74) is -1.73. The van der Waals surface area contributed by atoms with E-state index in [0.717, 1.165) is 6.92 Å². The first-order valence-corrected chi connectivity index (χ1v) is 5.64. The summed E-state index contributed by atoms with van der Waals surface area (Å²) in [6, 6.07) is 3.78. The van der Waals surface area contributed by atoms with Crippen molar-refractivity contribution < 1.29 is 24.7 Å². The molecule has 0 bridgehead atoms. The minimum absolute atomic E-state index is 0.112. The topological polar surface area (TPSA) is 130 Å². The first kappa shape index (κ1) is 15.6. The highest BCUT2D eigenvalue weighted by Gasteiger charge is 2.30. The van der Waals surface area contributed by atoms with Crippen LogP contribution in [0.4, 0.5) is 5.69 Å². The summed E-state index contributed by atoms with van der Waals surface area (Å²) in [4.78, 5) is 32.5. The highest BCUT2D eigenvalue weighted by atomic mass is 16.6. The standard InChI is InChI=1S/C12H14N2O6/c1-7-5-8(3-4-9(7)14(19)20)10(15)13-6-12(2,18)11(16)17/h3-5,18H,6H2,1-2H3,(H,13,15)(H,16,17). The molecule has 3 N–H and O–H groups in total. The van der Waals surface area contributed by atoms with Crippen molar-refractivity contribution in [3.8, 4) is 0 Å². The van der Waals surface area contributed by atoms with Gasteiger partial charge in [-0.2, -0.15) is 0 Å². The molecule has 0 saturated carbocycles. The lowest BCUT2D eigenvalue weighted by atomic mass is 10.1. The Morgan fingerprint density at radius 3 is 2.50 bits per heavy atom. The van der Waals surface area contributed by atoms with E-state index in [0.29, 0.717) is 5.56 Å². The number of amides is 1. The van der Waals surface area contributed by atoms with E-state index in [9.17, 15) is 24.8 Å². The number of nitrogens with zero attached hydrogens (tertiary/aromatic N) is 1. The van der Waals surface area contributed by atoms with E-state index in [1.54, 1.807) is 0 Å². The first-order valence-electron chi connectivity index (χ1n) is 5.64. The quantitative estimate of drug-likeness (QED) is 0.531. The molecule has 1 atom stereocenters. The van der Waals surface area contributed by atoms with Gasteiger partial charge in [-0.3, -0.25) is 14.9 Å². The maximum Gasteiger partial charge on any atom is 0.337 e. The number of rotatable bonds is 5. The van der Waals surface area contributed by atoms with Gasteiger partial charge in [0.05, 0.1) is 11.5 Å². The number of nitro benzene ring substituents is 1. The Labute approximate surface area is 114 Å². The zero-order valence-corrected chi connectivity index (χ0v) is 10.9. The van der Waals surface area contributed by atoms with Crippen LogP contribution in [0.2, 0.25) is 0 Å². The Hall–Kier alpha value is -2.48. The van der Waals surface area contributed by atoms with Crippen molar-refractivity contribution in [1.82, 2.24) is 5.32 Å². The molecule has 8 nitrogen and oxygen atoms in total. The fourth-order valence-electron chi connectivity index (χ4n) is 1.43. The number of hydrogen-bond acceptors (Lipinski definition) is 5. The number of aryl methyl sites for hydroxylation is 1. The molecule has 20 heavy (non-hydrogen) atoms. The molecule has 0 fully saturated rings. The highest BCUT2D eigenvalue weighted by Crippen LogP contribution is 2.18. The van der Waals surface area contributed by atoms with Crippen LogP contribution in [-0.4, -0.2) is 39.2 Å². The largest absolute Gasteiger partial charge is 0.479 e. The smallest absolute Gasteiger partial charge is 0.337 e. The van der Waals surface area contributed by atoms with Crippen LogP contribution >= 0.6 is 0 Å². The molecule has 0 saturated heterocycles. The number of aliphatic hydroxyl groups is 1. The van der Waals surface area contributed by atoms with Crippen LogP contribution in [0.5, 0.6) is 0 Å². The van der Waals surface area contributed by atoms with Crippen LogP contribution in [0.25, 0.3) is 0 Å². The highest BCUT2D eigenvalue weighted by molar-refractivity contribution is 5.95. The van der Waals surface area contributed by atoms with Crippen molar-refractivity contribution in [1.29, 1.82) is 0 Å². The van der Waals surface area contributed by atoms with E-state index < -0.39 is 28.9 Å². The van der Waals surface area contributed by atoms with Crippen molar-refractivity contribution in [2.75, 3.05) is 6.54 Å². The van der Waals surface area contributed by atoms with Gasteiger partial charge in [-0.05, 0) is 26.0 Å². The van der Waals surface area contributed by atoms with Crippen LogP contribution < -0.4 is 5.32 Å². The van der Waals surface area contributed by atoms with Crippen LogP contribution in [0, 0.1) is 17.0 Å². The van der Waals surface area contributed by atoms with Crippen LogP contribution in [0.1, 0.15) is 22.8 Å². The second kappa shape index (κ2) is 5.66. The number of carboxylic acids is 1. The van der Waals surface area contributed by atoms with Crippen molar-refractivity contribution >= 4 is 17.6 Å². The lowest BCUT2D eigenvalue weighted by Crippen LogP contribution is -2.46. The number of hydrogen-bond donors (Lipinski definition) is 3. The molecule has 0 spiro atoms. The summed E-state index contributed by atoms with van der Waals surface area (Å²) in [6.07, 6.45) is 0.